The van der Waals surface area contributed by atoms with Crippen molar-refractivity contribution in [3.8, 4) is 5.75 Å². The van der Waals surface area contributed by atoms with Gasteiger partial charge in [-0.05, 0) is 50.5 Å². The molecule has 4 aliphatic rings. The molecule has 10 nitrogen and oxygen atoms in total. The molecule has 0 bridgehead atoms. The highest BCUT2D eigenvalue weighted by molar-refractivity contribution is 6.33. The normalized spacial score (nSPS) is 29.9. The molecular weight excluding hydrogens is 490 g/mol. The number of hydrogen-bond donors (Lipinski definition) is 5. The van der Waals surface area contributed by atoms with E-state index in [9.17, 15) is 34.8 Å². The van der Waals surface area contributed by atoms with Gasteiger partial charge in [-0.25, -0.2) is 0 Å². The lowest BCUT2D eigenvalue weighted by molar-refractivity contribution is -0.153. The first-order valence-electron chi connectivity index (χ1n) is 11.8. The zero-order chi connectivity index (χ0) is 26.4. The Morgan fingerprint density at radius 1 is 1.17 bits per heavy atom. The number of likely N-dealkylation sites (N-methyl/N-ethyl adjacent to an activating group) is 1. The number of halogens is 1. The summed E-state index contributed by atoms with van der Waals surface area (Å²) in [7, 11) is 3.12. The van der Waals surface area contributed by atoms with Gasteiger partial charge in [0.05, 0.1) is 11.6 Å². The second kappa shape index (κ2) is 8.04. The molecule has 1 aromatic carbocycles. The van der Waals surface area contributed by atoms with E-state index in [2.05, 4.69) is 4.90 Å². The number of carbonyl (C=O) groups is 3. The van der Waals surface area contributed by atoms with Crippen LogP contribution in [0.25, 0.3) is 5.76 Å². The van der Waals surface area contributed by atoms with Gasteiger partial charge in [-0.2, -0.15) is 0 Å². The van der Waals surface area contributed by atoms with Crippen LogP contribution >= 0.6 is 11.6 Å². The zero-order valence-corrected chi connectivity index (χ0v) is 20.9. The maximum absolute atomic E-state index is 13.9. The van der Waals surface area contributed by atoms with Crippen molar-refractivity contribution in [1.29, 1.82) is 0 Å². The molecule has 1 aliphatic heterocycles. The maximum Gasteiger partial charge on any atom is 0.255 e. The first-order valence-corrected chi connectivity index (χ1v) is 12.2. The van der Waals surface area contributed by atoms with Crippen molar-refractivity contribution in [2.45, 2.75) is 44.5 Å². The Morgan fingerprint density at radius 2 is 1.81 bits per heavy atom. The second-order valence-corrected chi connectivity index (χ2v) is 10.6. The Labute approximate surface area is 212 Å². The van der Waals surface area contributed by atoms with E-state index < -0.39 is 58.0 Å². The Balaban J connectivity index is 1.73. The van der Waals surface area contributed by atoms with E-state index >= 15 is 0 Å². The molecule has 1 aromatic rings. The van der Waals surface area contributed by atoms with Gasteiger partial charge in [0.2, 0.25) is 5.78 Å². The number of carbonyl (C=O) groups excluding carboxylic acids is 3. The third kappa shape index (κ3) is 2.98. The number of aromatic hydroxyl groups is 1. The lowest BCUT2D eigenvalue weighted by Gasteiger charge is -2.50. The highest BCUT2D eigenvalue weighted by Crippen LogP contribution is 2.55. The number of ketones is 2. The monoisotopic (exact) mass is 517 g/mol. The number of benzene rings is 1. The fourth-order valence-electron chi connectivity index (χ4n) is 6.50. The van der Waals surface area contributed by atoms with Gasteiger partial charge >= 0.3 is 0 Å². The fraction of sp³-hybridized carbons (Fsp3) is 0.480. The van der Waals surface area contributed by atoms with E-state index in [4.69, 9.17) is 17.3 Å². The van der Waals surface area contributed by atoms with Gasteiger partial charge < -0.3 is 26.2 Å². The molecule has 1 heterocycles. The van der Waals surface area contributed by atoms with Crippen molar-refractivity contribution in [1.82, 2.24) is 9.80 Å². The van der Waals surface area contributed by atoms with Crippen LogP contribution in [-0.2, 0) is 33.9 Å². The van der Waals surface area contributed by atoms with Gasteiger partial charge in [-0.3, -0.25) is 24.2 Å². The number of phenols is 1. The molecular formula is C25H28ClN3O7. The van der Waals surface area contributed by atoms with E-state index in [1.165, 1.54) is 4.90 Å². The van der Waals surface area contributed by atoms with Crippen LogP contribution < -0.4 is 5.73 Å². The summed E-state index contributed by atoms with van der Waals surface area (Å²) < 4.78 is 0. The first kappa shape index (κ1) is 24.8. The van der Waals surface area contributed by atoms with Crippen LogP contribution in [0, 0.1) is 11.8 Å². The molecule has 36 heavy (non-hydrogen) atoms. The SMILES string of the molecule is CCN1Cc2c(O)c3c(c(Cl)c2C1)C[C@H]1C[C@H]2[C@H](N(C)C)C(=O)C(C(N)=O)=C(O)[C@@]2(O)C(=O)C1=C3O. The molecule has 0 aromatic heterocycles. The minimum Gasteiger partial charge on any atom is -0.508 e. The molecule has 1 fully saturated rings. The minimum atomic E-state index is -2.65. The third-order valence-electron chi connectivity index (χ3n) is 8.24. The molecule has 3 aliphatic carbocycles. The molecule has 0 unspecified atom stereocenters. The number of fused-ring (bicyclic) bond motifs is 4. The first-order chi connectivity index (χ1) is 16.9. The van der Waals surface area contributed by atoms with Crippen molar-refractivity contribution in [2.24, 2.45) is 17.6 Å². The Morgan fingerprint density at radius 3 is 2.39 bits per heavy atom. The van der Waals surface area contributed by atoms with Crippen molar-refractivity contribution in [3.63, 3.8) is 0 Å². The number of amides is 1. The van der Waals surface area contributed by atoms with E-state index in [1.54, 1.807) is 14.1 Å². The number of aliphatic hydroxyl groups is 3. The van der Waals surface area contributed by atoms with Crippen LogP contribution in [0.4, 0.5) is 0 Å². The number of aliphatic hydroxyl groups excluding tert-OH is 2. The summed E-state index contributed by atoms with van der Waals surface area (Å²) in [5.41, 5.74) is 3.55. The molecule has 0 spiro atoms. The van der Waals surface area contributed by atoms with Crippen molar-refractivity contribution in [2.75, 3.05) is 20.6 Å². The average molecular weight is 518 g/mol. The zero-order valence-electron chi connectivity index (χ0n) is 20.1. The van der Waals surface area contributed by atoms with Crippen LogP contribution in [0.2, 0.25) is 5.02 Å². The van der Waals surface area contributed by atoms with Crippen LogP contribution in [0.1, 0.15) is 35.6 Å². The van der Waals surface area contributed by atoms with Gasteiger partial charge in [-0.15, -0.1) is 0 Å². The molecule has 1 saturated carbocycles. The van der Waals surface area contributed by atoms with E-state index in [-0.39, 0.29) is 29.7 Å². The van der Waals surface area contributed by atoms with Gasteiger partial charge in [-0.1, -0.05) is 18.5 Å². The lowest BCUT2D eigenvalue weighted by Crippen LogP contribution is -2.65. The number of rotatable bonds is 3. The molecule has 11 heteroatoms. The van der Waals surface area contributed by atoms with Crippen molar-refractivity contribution < 1.29 is 34.8 Å². The van der Waals surface area contributed by atoms with Crippen LogP contribution in [-0.4, -0.2) is 80.0 Å². The molecule has 1 amide bonds. The van der Waals surface area contributed by atoms with Crippen LogP contribution in [0.15, 0.2) is 16.9 Å². The molecule has 192 valence electrons. The summed E-state index contributed by atoms with van der Waals surface area (Å²) in [6, 6.07) is -1.12. The molecule has 0 radical (unpaired) electrons. The topological polar surface area (TPSA) is 165 Å². The highest BCUT2D eigenvalue weighted by Gasteiger charge is 2.64. The van der Waals surface area contributed by atoms with Gasteiger partial charge in [0.1, 0.15) is 22.8 Å². The summed E-state index contributed by atoms with van der Waals surface area (Å²) in [4.78, 5) is 42.6. The fourth-order valence-corrected chi connectivity index (χ4v) is 6.85. The molecule has 5 rings (SSSR count). The standard InChI is InChI=1S/C25H28ClN3O7/c1-4-29-7-11-12(8-29)19(30)15-10(17(11)26)5-9-6-13-18(28(2)3)21(32)16(24(27)35)23(34)25(13,36)22(33)14(9)20(15)31/h9,13,18,30-31,34,36H,4-8H2,1-3H3,(H2,27,35)/t9-,13-,18-,25-/m0/s1. The maximum atomic E-state index is 13.9. The van der Waals surface area contributed by atoms with E-state index in [0.29, 0.717) is 29.2 Å². The number of phenolic OH excluding ortho intramolecular Hbond substituents is 1. The number of nitrogens with two attached hydrogens (primary N) is 1. The average Bonchev–Trinajstić information content (AvgIpc) is 3.24. The quantitative estimate of drug-likeness (QED) is 0.367. The smallest absolute Gasteiger partial charge is 0.255 e. The highest BCUT2D eigenvalue weighted by atomic mass is 35.5. The Bertz CT molecular complexity index is 1320. The predicted octanol–water partition coefficient (Wildman–Crippen LogP) is 0.953. The predicted molar refractivity (Wildman–Crippen MR) is 129 cm³/mol. The minimum absolute atomic E-state index is 0.0288. The van der Waals surface area contributed by atoms with E-state index in [0.717, 1.165) is 12.1 Å². The Hall–Kier alpha value is -2.92. The number of Topliss-reactive ketones (excluding diaryl/α,β-unsaturated/α-hetero) is 2. The Kier molecular flexibility index (Phi) is 5.53. The molecule has 0 saturated heterocycles. The number of nitrogens with zero attached hydrogens (tertiary/aromatic N) is 2. The van der Waals surface area contributed by atoms with Crippen molar-refractivity contribution in [3.05, 3.63) is 44.2 Å². The van der Waals surface area contributed by atoms with Crippen molar-refractivity contribution >= 4 is 34.8 Å². The van der Waals surface area contributed by atoms with Crippen LogP contribution in [0.3, 0.4) is 0 Å². The summed E-state index contributed by atoms with van der Waals surface area (Å²) in [6.45, 7) is 3.68. The second-order valence-electron chi connectivity index (χ2n) is 10.2. The third-order valence-corrected chi connectivity index (χ3v) is 8.70. The summed E-state index contributed by atoms with van der Waals surface area (Å²) in [5, 5.41) is 45.4. The number of hydrogen-bond acceptors (Lipinski definition) is 9. The largest absolute Gasteiger partial charge is 0.508 e. The van der Waals surface area contributed by atoms with Gasteiger partial charge in [0.25, 0.3) is 5.91 Å². The summed E-state index contributed by atoms with van der Waals surface area (Å²) in [6.07, 6.45) is 0.210. The number of primary amides is 1. The lowest BCUT2D eigenvalue weighted by atomic mass is 9.57. The van der Waals surface area contributed by atoms with Crippen LogP contribution in [0.5, 0.6) is 5.75 Å². The molecule has 6 N–H and O–H groups in total. The summed E-state index contributed by atoms with van der Waals surface area (Å²) >= 11 is 6.78. The molecule has 4 atom stereocenters. The van der Waals surface area contributed by atoms with E-state index in [1.807, 2.05) is 6.92 Å². The summed E-state index contributed by atoms with van der Waals surface area (Å²) in [5.74, 6) is -6.65. The van der Waals surface area contributed by atoms with Gasteiger partial charge in [0, 0.05) is 35.2 Å². The van der Waals surface area contributed by atoms with Gasteiger partial charge in [0.15, 0.2) is 11.4 Å².